The zero-order chi connectivity index (χ0) is 12.8. The maximum Gasteiger partial charge on any atom is 0.197 e. The maximum atomic E-state index is 12.0. The summed E-state index contributed by atoms with van der Waals surface area (Å²) < 4.78 is 48.0. The molecular weight excluding hydrogens is 252 g/mol. The van der Waals surface area contributed by atoms with Crippen LogP contribution in [0.1, 0.15) is 0 Å². The quantitative estimate of drug-likeness (QED) is 0.312. The van der Waals surface area contributed by atoms with E-state index in [1.54, 1.807) is 0 Å². The molecule has 0 radical (unpaired) electrons. The Morgan fingerprint density at radius 3 is 1.35 bits per heavy atom. The molecule has 0 saturated carbocycles. The van der Waals surface area contributed by atoms with E-state index in [0.29, 0.717) is 12.1 Å². The molecule has 0 bridgehead atoms. The minimum absolute atomic E-state index is 0.522. The molecule has 0 nitrogen and oxygen atoms in total. The molecule has 0 N–H and O–H groups in total. The van der Waals surface area contributed by atoms with E-state index in [1.165, 1.54) is 0 Å². The van der Waals surface area contributed by atoms with Gasteiger partial charge in [-0.2, -0.15) is 0 Å². The second-order valence-corrected chi connectivity index (χ2v) is 3.51. The zero-order valence-corrected chi connectivity index (χ0v) is 9.39. The summed E-state index contributed by atoms with van der Waals surface area (Å²) in [5.41, 5.74) is 0. The second-order valence-electron chi connectivity index (χ2n) is 2.99. The normalized spacial score (nSPS) is 9.47. The van der Waals surface area contributed by atoms with Gasteiger partial charge in [0.25, 0.3) is 0 Å². The van der Waals surface area contributed by atoms with E-state index in [2.05, 4.69) is 12.6 Å². The van der Waals surface area contributed by atoms with Crippen LogP contribution in [0.5, 0.6) is 0 Å². The van der Waals surface area contributed by atoms with Crippen LogP contribution < -0.4 is 0 Å². The van der Waals surface area contributed by atoms with Gasteiger partial charge < -0.3 is 0 Å². The van der Waals surface area contributed by atoms with E-state index in [4.69, 9.17) is 0 Å². The van der Waals surface area contributed by atoms with Gasteiger partial charge in [-0.25, -0.2) is 17.6 Å². The van der Waals surface area contributed by atoms with Crippen LogP contribution >= 0.6 is 12.6 Å². The summed E-state index contributed by atoms with van der Waals surface area (Å²) in [4.78, 5) is 1.02. The molecule has 17 heavy (non-hydrogen) atoms. The number of thiol groups is 1. The van der Waals surface area contributed by atoms with Gasteiger partial charge in [0.2, 0.25) is 0 Å². The average Bonchev–Trinajstić information content (AvgIpc) is 2.33. The molecule has 0 aliphatic rings. The summed E-state index contributed by atoms with van der Waals surface area (Å²) in [5.74, 6) is -6.34. The van der Waals surface area contributed by atoms with Gasteiger partial charge in [-0.1, -0.05) is 18.2 Å². The summed E-state index contributed by atoms with van der Waals surface area (Å²) in [7, 11) is 0. The van der Waals surface area contributed by atoms with Crippen molar-refractivity contribution in [2.75, 3.05) is 0 Å². The smallest absolute Gasteiger partial charge is 0.197 e. The first-order valence-corrected chi connectivity index (χ1v) is 5.00. The van der Waals surface area contributed by atoms with Crippen LogP contribution in [0.3, 0.4) is 0 Å². The van der Waals surface area contributed by atoms with Crippen LogP contribution in [0.2, 0.25) is 0 Å². The summed E-state index contributed by atoms with van der Waals surface area (Å²) in [6.07, 6.45) is 0. The third-order valence-electron chi connectivity index (χ3n) is 1.74. The number of benzene rings is 2. The molecule has 0 heterocycles. The molecule has 90 valence electrons. The summed E-state index contributed by atoms with van der Waals surface area (Å²) >= 11 is 4.08. The van der Waals surface area contributed by atoms with Gasteiger partial charge >= 0.3 is 0 Å². The first kappa shape index (κ1) is 13.6. The SMILES string of the molecule is Fc1ccc(F)c(F)c1F.Sc1ccccc1. The molecule has 0 spiro atoms. The lowest BCUT2D eigenvalue weighted by Gasteiger charge is -1.93. The highest BCUT2D eigenvalue weighted by molar-refractivity contribution is 7.80. The van der Waals surface area contributed by atoms with Crippen molar-refractivity contribution in [3.8, 4) is 0 Å². The van der Waals surface area contributed by atoms with Crippen LogP contribution in [-0.4, -0.2) is 0 Å². The van der Waals surface area contributed by atoms with Crippen molar-refractivity contribution in [2.24, 2.45) is 0 Å². The fourth-order valence-corrected chi connectivity index (χ4v) is 1.10. The van der Waals surface area contributed by atoms with Gasteiger partial charge in [-0.3, -0.25) is 0 Å². The van der Waals surface area contributed by atoms with Crippen LogP contribution in [0.4, 0.5) is 17.6 Å². The number of halogens is 4. The van der Waals surface area contributed by atoms with Crippen LogP contribution in [0.15, 0.2) is 47.4 Å². The molecule has 0 aliphatic heterocycles. The Morgan fingerprint density at radius 2 is 1.06 bits per heavy atom. The zero-order valence-electron chi connectivity index (χ0n) is 8.50. The number of rotatable bonds is 0. The van der Waals surface area contributed by atoms with E-state index < -0.39 is 23.3 Å². The van der Waals surface area contributed by atoms with E-state index in [-0.39, 0.29) is 0 Å². The predicted molar refractivity (Wildman–Crippen MR) is 60.0 cm³/mol. The summed E-state index contributed by atoms with van der Waals surface area (Å²) in [5, 5.41) is 0. The molecule has 0 aliphatic carbocycles. The summed E-state index contributed by atoms with van der Waals surface area (Å²) in [6, 6.07) is 10.8. The third kappa shape index (κ3) is 4.11. The van der Waals surface area contributed by atoms with Gasteiger partial charge in [0.1, 0.15) is 0 Å². The molecule has 0 saturated heterocycles. The van der Waals surface area contributed by atoms with Gasteiger partial charge in [-0.05, 0) is 24.3 Å². The molecule has 2 aromatic rings. The van der Waals surface area contributed by atoms with E-state index in [1.807, 2.05) is 30.3 Å². The van der Waals surface area contributed by atoms with Crippen molar-refractivity contribution in [3.05, 3.63) is 65.7 Å². The predicted octanol–water partition coefficient (Wildman–Crippen LogP) is 4.22. The molecule has 0 aromatic heterocycles. The summed E-state index contributed by atoms with van der Waals surface area (Å²) in [6.45, 7) is 0. The number of hydrogen-bond acceptors (Lipinski definition) is 1. The van der Waals surface area contributed by atoms with E-state index >= 15 is 0 Å². The minimum Gasteiger partial charge on any atom is -0.204 e. The molecule has 5 heteroatoms. The standard InChI is InChI=1S/C6H2F4.C6H6S/c7-3-1-2-4(8)6(10)5(3)9;7-6-4-2-1-3-5-6/h1-2H;1-5,7H. The number of hydrogen-bond donors (Lipinski definition) is 1. The van der Waals surface area contributed by atoms with Gasteiger partial charge in [0.15, 0.2) is 23.3 Å². The Balaban J connectivity index is 0.000000181. The van der Waals surface area contributed by atoms with Crippen LogP contribution in [0.25, 0.3) is 0 Å². The highest BCUT2D eigenvalue weighted by atomic mass is 32.1. The Hall–Kier alpha value is -1.49. The second kappa shape index (κ2) is 6.30. The first-order valence-electron chi connectivity index (χ1n) is 4.55. The largest absolute Gasteiger partial charge is 0.204 e. The van der Waals surface area contributed by atoms with Crippen molar-refractivity contribution in [3.63, 3.8) is 0 Å². The maximum absolute atomic E-state index is 12.0. The van der Waals surface area contributed by atoms with Crippen molar-refractivity contribution in [1.29, 1.82) is 0 Å². The lowest BCUT2D eigenvalue weighted by atomic mass is 10.3. The van der Waals surface area contributed by atoms with Gasteiger partial charge in [-0.15, -0.1) is 12.6 Å². The van der Waals surface area contributed by atoms with Gasteiger partial charge in [0, 0.05) is 4.90 Å². The molecule has 0 atom stereocenters. The van der Waals surface area contributed by atoms with Crippen molar-refractivity contribution in [1.82, 2.24) is 0 Å². The Labute approximate surface area is 101 Å². The van der Waals surface area contributed by atoms with Crippen molar-refractivity contribution < 1.29 is 17.6 Å². The third-order valence-corrected chi connectivity index (χ3v) is 2.04. The average molecular weight is 260 g/mol. The molecule has 0 fully saturated rings. The monoisotopic (exact) mass is 260 g/mol. The van der Waals surface area contributed by atoms with E-state index in [0.717, 1.165) is 4.90 Å². The molecule has 2 rings (SSSR count). The highest BCUT2D eigenvalue weighted by Crippen LogP contribution is 2.12. The minimum atomic E-state index is -1.78. The first-order chi connectivity index (χ1) is 8.02. The van der Waals surface area contributed by atoms with E-state index in [9.17, 15) is 17.6 Å². The highest BCUT2D eigenvalue weighted by Gasteiger charge is 2.11. The lowest BCUT2D eigenvalue weighted by Crippen LogP contribution is -1.93. The van der Waals surface area contributed by atoms with Gasteiger partial charge in [0.05, 0.1) is 0 Å². The topological polar surface area (TPSA) is 0 Å². The van der Waals surface area contributed by atoms with Crippen molar-refractivity contribution in [2.45, 2.75) is 4.90 Å². The molecular formula is C12H8F4S. The van der Waals surface area contributed by atoms with Crippen LogP contribution in [-0.2, 0) is 0 Å². The molecule has 0 unspecified atom stereocenters. The Kier molecular flexibility index (Phi) is 5.03. The van der Waals surface area contributed by atoms with Crippen LogP contribution in [0, 0.1) is 23.3 Å². The Bertz CT molecular complexity index is 458. The molecule has 2 aromatic carbocycles. The Morgan fingerprint density at radius 1 is 0.647 bits per heavy atom. The van der Waals surface area contributed by atoms with Crippen molar-refractivity contribution >= 4 is 12.6 Å². The fourth-order valence-electron chi connectivity index (χ4n) is 0.930. The molecule has 0 amide bonds. The lowest BCUT2D eigenvalue weighted by molar-refractivity contribution is 0.409. The fraction of sp³-hybridized carbons (Fsp3) is 0.